The number of anilines is 4. The molecule has 0 saturated heterocycles. The molecule has 2 aliphatic heterocycles. The Hall–Kier alpha value is -7.56. The van der Waals surface area contributed by atoms with E-state index < -0.39 is 11.9 Å². The molecular formula is C45H46N10O7. The molecule has 17 nitrogen and oxygen atoms in total. The van der Waals surface area contributed by atoms with E-state index in [0.29, 0.717) is 34.3 Å². The monoisotopic (exact) mass is 838 g/mol. The summed E-state index contributed by atoms with van der Waals surface area (Å²) in [6.07, 6.45) is 16.9. The second-order valence-electron chi connectivity index (χ2n) is 15.0. The molecule has 2 aliphatic carbocycles. The molecule has 2 fully saturated rings. The molecule has 318 valence electrons. The normalized spacial score (nSPS) is 19.2. The Balaban J connectivity index is 0.000000171. The number of carbonyl (C=O) groups is 2. The van der Waals surface area contributed by atoms with Crippen LogP contribution in [0.5, 0.6) is 23.0 Å². The topological polar surface area (TPSA) is 248 Å². The number of nitrogen functional groups attached to an aromatic ring is 3. The van der Waals surface area contributed by atoms with Crippen molar-refractivity contribution in [1.82, 2.24) is 29.9 Å². The number of fused-ring (bicyclic) bond motifs is 3. The van der Waals surface area contributed by atoms with Gasteiger partial charge in [0.1, 0.15) is 28.7 Å². The van der Waals surface area contributed by atoms with Gasteiger partial charge in [0.05, 0.1) is 73.4 Å². The molecule has 6 bridgehead atoms. The molecule has 2 saturated carbocycles. The van der Waals surface area contributed by atoms with Crippen LogP contribution in [-0.2, 0) is 4.74 Å². The highest BCUT2D eigenvalue weighted by Crippen LogP contribution is 2.34. The van der Waals surface area contributed by atoms with Gasteiger partial charge < -0.3 is 46.2 Å². The number of benzene rings is 2. The number of ether oxygens (including phenoxy) is 5. The van der Waals surface area contributed by atoms with Gasteiger partial charge in [-0.15, -0.1) is 0 Å². The van der Waals surface area contributed by atoms with Crippen LogP contribution < -0.4 is 41.5 Å². The summed E-state index contributed by atoms with van der Waals surface area (Å²) in [5.74, 6) is 1.72. The van der Waals surface area contributed by atoms with Gasteiger partial charge >= 0.3 is 5.97 Å². The maximum absolute atomic E-state index is 12.9. The van der Waals surface area contributed by atoms with Crippen molar-refractivity contribution >= 4 is 34.9 Å². The average molecular weight is 839 g/mol. The van der Waals surface area contributed by atoms with Crippen molar-refractivity contribution in [2.24, 2.45) is 0 Å². The third-order valence-electron chi connectivity index (χ3n) is 10.7. The average Bonchev–Trinajstić information content (AvgIpc) is 3.29. The number of esters is 1. The molecule has 10 rings (SSSR count). The molecule has 62 heavy (non-hydrogen) atoms. The molecule has 0 radical (unpaired) electrons. The fourth-order valence-electron chi connectivity index (χ4n) is 7.49. The highest BCUT2D eigenvalue weighted by atomic mass is 16.5. The third kappa shape index (κ3) is 9.89. The number of nitrogens with zero attached hydrogens (tertiary/aromatic N) is 6. The minimum Gasteiger partial charge on any atom is -0.490 e. The summed E-state index contributed by atoms with van der Waals surface area (Å²) in [6, 6.07) is 18.7. The lowest BCUT2D eigenvalue weighted by atomic mass is 9.94. The zero-order valence-corrected chi connectivity index (χ0v) is 34.0. The van der Waals surface area contributed by atoms with Crippen LogP contribution in [0.1, 0.15) is 72.3 Å². The van der Waals surface area contributed by atoms with E-state index in [-0.39, 0.29) is 47.4 Å². The Morgan fingerprint density at radius 2 is 1.35 bits per heavy atom. The molecule has 0 atom stereocenters. The second kappa shape index (κ2) is 18.8. The van der Waals surface area contributed by atoms with E-state index in [1.54, 1.807) is 43.1 Å². The van der Waals surface area contributed by atoms with Crippen molar-refractivity contribution in [3.05, 3.63) is 109 Å². The van der Waals surface area contributed by atoms with Crippen molar-refractivity contribution in [3.8, 4) is 45.5 Å². The third-order valence-corrected chi connectivity index (χ3v) is 10.7. The summed E-state index contributed by atoms with van der Waals surface area (Å²) >= 11 is 0. The summed E-state index contributed by atoms with van der Waals surface area (Å²) < 4.78 is 29.3. The van der Waals surface area contributed by atoms with Gasteiger partial charge in [-0.2, -0.15) is 0 Å². The van der Waals surface area contributed by atoms with Crippen LogP contribution >= 0.6 is 0 Å². The number of carbonyl (C=O) groups excluding carboxylic acids is 2. The molecule has 7 N–H and O–H groups in total. The minimum absolute atomic E-state index is 0.00974. The van der Waals surface area contributed by atoms with Gasteiger partial charge in [-0.1, -0.05) is 24.3 Å². The molecule has 6 aromatic rings. The Kier molecular flexibility index (Phi) is 12.5. The molecule has 6 heterocycles. The van der Waals surface area contributed by atoms with Crippen LogP contribution in [0.15, 0.2) is 97.8 Å². The van der Waals surface area contributed by atoms with Crippen LogP contribution in [0.3, 0.4) is 0 Å². The highest BCUT2D eigenvalue weighted by molar-refractivity contribution is 6.06. The van der Waals surface area contributed by atoms with E-state index in [1.807, 2.05) is 48.5 Å². The number of hydrogen-bond acceptors (Lipinski definition) is 16. The molecule has 0 spiro atoms. The lowest BCUT2D eigenvalue weighted by Gasteiger charge is -2.30. The van der Waals surface area contributed by atoms with Crippen molar-refractivity contribution in [1.29, 1.82) is 0 Å². The summed E-state index contributed by atoms with van der Waals surface area (Å²) in [5.41, 5.74) is 21.3. The summed E-state index contributed by atoms with van der Waals surface area (Å²) in [4.78, 5) is 49.9. The zero-order chi connectivity index (χ0) is 43.0. The number of nitrogens with two attached hydrogens (primary N) is 3. The van der Waals surface area contributed by atoms with Crippen molar-refractivity contribution in [2.75, 3.05) is 29.6 Å². The minimum atomic E-state index is -0.628. The van der Waals surface area contributed by atoms with Gasteiger partial charge in [-0.3, -0.25) is 14.8 Å². The van der Waals surface area contributed by atoms with Gasteiger partial charge in [0.25, 0.3) is 5.91 Å². The lowest BCUT2D eigenvalue weighted by Crippen LogP contribution is -2.30. The van der Waals surface area contributed by atoms with E-state index in [9.17, 15) is 9.59 Å². The SMILES string of the molecule is COC(=O)c1nc(-c2cccc(OC3CCC(Oc4ccncc4N)CC3)c2)cnc1N.Nc1ncc2nc1C(=O)Nc1cnccc1OC1CCC(CC1)Oc1cccc-2c1. The Morgan fingerprint density at radius 3 is 2.10 bits per heavy atom. The first kappa shape index (κ1) is 41.2. The zero-order valence-electron chi connectivity index (χ0n) is 34.0. The molecule has 4 aliphatic rings. The van der Waals surface area contributed by atoms with E-state index >= 15 is 0 Å². The van der Waals surface area contributed by atoms with Gasteiger partial charge in [0.2, 0.25) is 0 Å². The largest absolute Gasteiger partial charge is 0.490 e. The standard InChI is InChI=1S/C23H25N5O4.C22H21N5O3/c1-30-23(29)21-22(25)27-13-19(28-21)14-3-2-4-17(11-14)31-15-5-7-16(8-6-15)32-20-9-10-26-12-18(20)24;23-21-20-22(28)27-18-11-24-9-8-19(18)30-15-6-4-14(5-7-15)29-16-3-1-2-13(10-16)17(26-20)12-25-21/h2-4,9-13,15-16H,5-8,24H2,1H3,(H2,25,27);1-3,8-12,14-15H,4-7H2,(H2,23,25)(H,27,28). The van der Waals surface area contributed by atoms with E-state index in [2.05, 4.69) is 35.2 Å². The van der Waals surface area contributed by atoms with E-state index in [1.165, 1.54) is 13.3 Å². The van der Waals surface area contributed by atoms with Crippen LogP contribution in [0.25, 0.3) is 22.5 Å². The number of methoxy groups -OCH3 is 1. The van der Waals surface area contributed by atoms with Gasteiger partial charge in [0, 0.05) is 35.7 Å². The lowest BCUT2D eigenvalue weighted by molar-refractivity contribution is 0.0595. The molecular weight excluding hydrogens is 793 g/mol. The Morgan fingerprint density at radius 1 is 0.710 bits per heavy atom. The first-order valence-corrected chi connectivity index (χ1v) is 20.3. The number of pyridine rings is 2. The first-order valence-electron chi connectivity index (χ1n) is 20.3. The predicted octanol–water partition coefficient (Wildman–Crippen LogP) is 6.71. The number of amides is 1. The molecule has 17 heteroatoms. The van der Waals surface area contributed by atoms with Crippen molar-refractivity contribution < 1.29 is 33.3 Å². The molecule has 0 unspecified atom stereocenters. The van der Waals surface area contributed by atoms with Gasteiger partial charge in [-0.25, -0.2) is 24.7 Å². The summed E-state index contributed by atoms with van der Waals surface area (Å²) in [5, 5.41) is 2.82. The van der Waals surface area contributed by atoms with Gasteiger partial charge in [0.15, 0.2) is 23.0 Å². The maximum Gasteiger partial charge on any atom is 0.360 e. The van der Waals surface area contributed by atoms with E-state index in [0.717, 1.165) is 74.0 Å². The van der Waals surface area contributed by atoms with Crippen molar-refractivity contribution in [3.63, 3.8) is 0 Å². The Labute approximate surface area is 357 Å². The molecule has 1 amide bonds. The van der Waals surface area contributed by atoms with Gasteiger partial charge in [-0.05, 0) is 75.6 Å². The maximum atomic E-state index is 12.9. The number of nitrogens with one attached hydrogen (secondary N) is 1. The quantitative estimate of drug-likeness (QED) is 0.127. The van der Waals surface area contributed by atoms with Crippen LogP contribution in [-0.4, -0.2) is 73.3 Å². The molecule has 2 aromatic carbocycles. The summed E-state index contributed by atoms with van der Waals surface area (Å²) in [6.45, 7) is 0. The first-order chi connectivity index (χ1) is 30.2. The second-order valence-corrected chi connectivity index (χ2v) is 15.0. The van der Waals surface area contributed by atoms with E-state index in [4.69, 9.17) is 40.9 Å². The van der Waals surface area contributed by atoms with Crippen LogP contribution in [0, 0.1) is 0 Å². The fourth-order valence-corrected chi connectivity index (χ4v) is 7.49. The van der Waals surface area contributed by atoms with Crippen LogP contribution in [0.2, 0.25) is 0 Å². The predicted molar refractivity (Wildman–Crippen MR) is 231 cm³/mol. The number of aromatic nitrogens is 6. The summed E-state index contributed by atoms with van der Waals surface area (Å²) in [7, 11) is 1.27. The fraction of sp³-hybridized carbons (Fsp3) is 0.289. The Bertz CT molecular complexity index is 2540. The number of rotatable bonds is 6. The van der Waals surface area contributed by atoms with Crippen LogP contribution in [0.4, 0.5) is 23.0 Å². The highest BCUT2D eigenvalue weighted by Gasteiger charge is 2.27. The number of hydrogen-bond donors (Lipinski definition) is 4. The van der Waals surface area contributed by atoms with Crippen molar-refractivity contribution in [2.45, 2.75) is 75.8 Å². The smallest absolute Gasteiger partial charge is 0.360 e. The molecule has 4 aromatic heterocycles.